The van der Waals surface area contributed by atoms with Gasteiger partial charge in [0.1, 0.15) is 0 Å². The molecule has 0 radical (unpaired) electrons. The number of nitriles is 1. The molecule has 0 saturated carbocycles. The van der Waals surface area contributed by atoms with E-state index in [9.17, 15) is 5.26 Å². The van der Waals surface area contributed by atoms with E-state index < -0.39 is 5.41 Å². The van der Waals surface area contributed by atoms with Gasteiger partial charge in [-0.05, 0) is 57.8 Å². The van der Waals surface area contributed by atoms with Gasteiger partial charge in [0.2, 0.25) is 0 Å². The van der Waals surface area contributed by atoms with Gasteiger partial charge in [-0.3, -0.25) is 4.98 Å². The van der Waals surface area contributed by atoms with Gasteiger partial charge in [-0.1, -0.05) is 36.5 Å². The minimum absolute atomic E-state index is 0.473. The van der Waals surface area contributed by atoms with Gasteiger partial charge in [0.05, 0.1) is 28.7 Å². The second-order valence-electron chi connectivity index (χ2n) is 8.02. The Morgan fingerprint density at radius 2 is 2.07 bits per heavy atom. The molecule has 0 amide bonds. The summed E-state index contributed by atoms with van der Waals surface area (Å²) in [4.78, 5) is 4.38. The number of aromatic nitrogens is 1. The third kappa shape index (κ3) is 5.57. The van der Waals surface area contributed by atoms with E-state index in [0.717, 1.165) is 33.0 Å². The second-order valence-corrected chi connectivity index (χ2v) is 8.02. The Balaban J connectivity index is 2.07. The van der Waals surface area contributed by atoms with E-state index in [1.165, 1.54) is 0 Å². The van der Waals surface area contributed by atoms with Crippen molar-refractivity contribution in [2.45, 2.75) is 46.5 Å². The molecule has 1 aliphatic carbocycles. The van der Waals surface area contributed by atoms with Crippen LogP contribution in [0, 0.1) is 22.2 Å². The molecule has 1 aromatic rings. The van der Waals surface area contributed by atoms with Crippen molar-refractivity contribution in [2.75, 3.05) is 5.73 Å². The minimum atomic E-state index is -0.517. The molecule has 0 saturated heterocycles. The fraction of sp³-hybridized carbons (Fsp3) is 0.320. The van der Waals surface area contributed by atoms with Crippen LogP contribution in [0.15, 0.2) is 53.9 Å². The Labute approximate surface area is 179 Å². The van der Waals surface area contributed by atoms with Gasteiger partial charge in [-0.15, -0.1) is 0 Å². The van der Waals surface area contributed by atoms with Gasteiger partial charge in [-0.2, -0.15) is 5.26 Å². The third-order valence-electron chi connectivity index (χ3n) is 5.22. The summed E-state index contributed by atoms with van der Waals surface area (Å²) < 4.78 is 0. The summed E-state index contributed by atoms with van der Waals surface area (Å²) in [6, 6.07) is 2.32. The maximum Gasteiger partial charge on any atom is 0.0763 e. The highest BCUT2D eigenvalue weighted by molar-refractivity contribution is 6.02. The Hall–Kier alpha value is -3.39. The summed E-state index contributed by atoms with van der Waals surface area (Å²) in [5.74, 6) is 0. The van der Waals surface area contributed by atoms with E-state index in [1.54, 1.807) is 6.20 Å². The zero-order chi connectivity index (χ0) is 22.3. The summed E-state index contributed by atoms with van der Waals surface area (Å²) in [7, 11) is 0. The molecule has 0 aromatic carbocycles. The van der Waals surface area contributed by atoms with Crippen LogP contribution in [0.2, 0.25) is 0 Å². The number of rotatable bonds is 8. The fourth-order valence-corrected chi connectivity index (χ4v) is 3.32. The van der Waals surface area contributed by atoms with Gasteiger partial charge >= 0.3 is 0 Å². The lowest BCUT2D eigenvalue weighted by Crippen LogP contribution is -2.34. The molecule has 1 aliphatic rings. The lowest BCUT2D eigenvalue weighted by molar-refractivity contribution is 0.611. The molecule has 2 rings (SSSR count). The van der Waals surface area contributed by atoms with Crippen LogP contribution in [0.5, 0.6) is 0 Å². The van der Waals surface area contributed by atoms with E-state index in [4.69, 9.17) is 16.9 Å². The molecule has 5 N–H and O–H groups in total. The van der Waals surface area contributed by atoms with E-state index in [-0.39, 0.29) is 0 Å². The van der Waals surface area contributed by atoms with Gasteiger partial charge in [0, 0.05) is 28.6 Å². The fourth-order valence-electron chi connectivity index (χ4n) is 3.32. The van der Waals surface area contributed by atoms with Crippen molar-refractivity contribution in [1.29, 1.82) is 10.7 Å². The predicted molar refractivity (Wildman–Crippen MR) is 126 cm³/mol. The molecule has 1 heterocycles. The van der Waals surface area contributed by atoms with Crippen molar-refractivity contribution < 1.29 is 0 Å². The smallest absolute Gasteiger partial charge is 0.0763 e. The molecule has 0 spiro atoms. The minimum Gasteiger partial charge on any atom is -0.402 e. The highest BCUT2D eigenvalue weighted by atomic mass is 14.7. The van der Waals surface area contributed by atoms with E-state index in [1.807, 2.05) is 57.2 Å². The summed E-state index contributed by atoms with van der Waals surface area (Å²) in [6.07, 6.45) is 15.9. The molecule has 5 heteroatoms. The molecule has 0 unspecified atom stereocenters. The monoisotopic (exact) mass is 401 g/mol. The van der Waals surface area contributed by atoms with Crippen LogP contribution < -0.4 is 22.0 Å². The zero-order valence-corrected chi connectivity index (χ0v) is 18.1. The maximum atomic E-state index is 9.30. The first-order valence-corrected chi connectivity index (χ1v) is 10.1. The van der Waals surface area contributed by atoms with Crippen LogP contribution >= 0.6 is 0 Å². The molecule has 0 bridgehead atoms. The standard InChI is InChI=1S/C25H31N5/c1-5-18(25(3,4)16-26)8-6-7-17(2)9-13-21(28)24-20-12-10-19(27)11-14-23(20)30-15-22(24)29/h5-6,8,11-12,14-15,28H,2,7,9-10,13,27,29H2,1,3-4H3/b8-6?,18-5+,28-21?. The lowest BCUT2D eigenvalue weighted by Gasteiger charge is -2.16. The van der Waals surface area contributed by atoms with E-state index in [0.29, 0.717) is 37.1 Å². The molecular weight excluding hydrogens is 370 g/mol. The predicted octanol–water partition coefficient (Wildman–Crippen LogP) is 3.62. The maximum absolute atomic E-state index is 9.30. The topological polar surface area (TPSA) is 113 Å². The van der Waals surface area contributed by atoms with Gasteiger partial charge in [0.25, 0.3) is 0 Å². The molecular formula is C25H31N5. The third-order valence-corrected chi connectivity index (χ3v) is 5.22. The molecule has 0 aliphatic heterocycles. The highest BCUT2D eigenvalue weighted by Gasteiger charge is 2.19. The van der Waals surface area contributed by atoms with Crippen LogP contribution in [-0.2, 0) is 0 Å². The average molecular weight is 402 g/mol. The summed E-state index contributed by atoms with van der Waals surface area (Å²) in [5.41, 5.74) is 16.1. The number of hydrogen-bond donors (Lipinski definition) is 3. The molecule has 1 aromatic heterocycles. The Morgan fingerprint density at radius 3 is 2.73 bits per heavy atom. The summed E-state index contributed by atoms with van der Waals surface area (Å²) in [5, 5.41) is 19.6. The first kappa shape index (κ1) is 22.9. The van der Waals surface area contributed by atoms with Gasteiger partial charge in [0.15, 0.2) is 0 Å². The van der Waals surface area contributed by atoms with E-state index >= 15 is 0 Å². The van der Waals surface area contributed by atoms with Crippen LogP contribution in [0.3, 0.4) is 0 Å². The number of fused-ring (bicyclic) bond motifs is 1. The normalized spacial score (nSPS) is 14.1. The molecule has 30 heavy (non-hydrogen) atoms. The Kier molecular flexibility index (Phi) is 7.54. The Bertz CT molecular complexity index is 1090. The first-order valence-electron chi connectivity index (χ1n) is 10.1. The van der Waals surface area contributed by atoms with Crippen LogP contribution in [0.4, 0.5) is 5.69 Å². The van der Waals surface area contributed by atoms with Crippen molar-refractivity contribution in [3.8, 4) is 6.07 Å². The summed E-state index contributed by atoms with van der Waals surface area (Å²) in [6.45, 7) is 9.89. The van der Waals surface area contributed by atoms with Crippen molar-refractivity contribution in [1.82, 2.24) is 4.98 Å². The number of nitrogens with two attached hydrogens (primary N) is 2. The first-order chi connectivity index (χ1) is 14.2. The zero-order valence-electron chi connectivity index (χ0n) is 18.1. The van der Waals surface area contributed by atoms with Crippen molar-refractivity contribution in [3.63, 3.8) is 0 Å². The largest absolute Gasteiger partial charge is 0.402 e. The number of nitrogens with zero attached hydrogens (tertiary/aromatic N) is 2. The van der Waals surface area contributed by atoms with Gasteiger partial charge < -0.3 is 16.9 Å². The van der Waals surface area contributed by atoms with Gasteiger partial charge in [-0.25, -0.2) is 0 Å². The number of hydrogen-bond acceptors (Lipinski definition) is 5. The second kappa shape index (κ2) is 9.89. The average Bonchev–Trinajstić information content (AvgIpc) is 2.90. The summed E-state index contributed by atoms with van der Waals surface area (Å²) >= 11 is 0. The molecule has 156 valence electrons. The van der Waals surface area contributed by atoms with Crippen LogP contribution in [0.1, 0.15) is 52.0 Å². The van der Waals surface area contributed by atoms with Crippen LogP contribution in [-0.4, -0.2) is 10.7 Å². The van der Waals surface area contributed by atoms with Crippen molar-refractivity contribution in [3.05, 3.63) is 70.1 Å². The number of allylic oxidation sites excluding steroid dienone is 7. The SMILES string of the molecule is C=C(CC=C/C(=C\C)C(C)(C)C#N)CCC(=N)c1c(N)cnc2c1=CCC(N)=CC=2. The van der Waals surface area contributed by atoms with Crippen molar-refractivity contribution in [2.24, 2.45) is 11.1 Å². The quantitative estimate of drug-likeness (QED) is 0.351. The molecule has 0 fully saturated rings. The van der Waals surface area contributed by atoms with Crippen LogP contribution in [0.25, 0.3) is 12.2 Å². The highest BCUT2D eigenvalue weighted by Crippen LogP contribution is 2.26. The lowest BCUT2D eigenvalue weighted by atomic mass is 9.85. The Morgan fingerprint density at radius 1 is 1.33 bits per heavy atom. The van der Waals surface area contributed by atoms with Crippen molar-refractivity contribution >= 4 is 23.6 Å². The number of anilines is 1. The number of nitrogens with one attached hydrogen (secondary N) is 1. The molecule has 5 nitrogen and oxygen atoms in total. The number of pyridine rings is 1. The number of nitrogen functional groups attached to an aromatic ring is 1. The van der Waals surface area contributed by atoms with E-state index in [2.05, 4.69) is 17.6 Å². The molecule has 0 atom stereocenters.